The number of rotatable bonds is 3. The molecule has 0 aliphatic heterocycles. The summed E-state index contributed by atoms with van der Waals surface area (Å²) < 4.78 is 14.7. The molecule has 0 unspecified atom stereocenters. The van der Waals surface area contributed by atoms with Crippen LogP contribution in [0.15, 0.2) is 36.4 Å². The first kappa shape index (κ1) is 10.6. The highest BCUT2D eigenvalue weighted by atomic mass is 19.1. The van der Waals surface area contributed by atoms with E-state index in [0.29, 0.717) is 6.54 Å². The molecule has 0 spiro atoms. The van der Waals surface area contributed by atoms with Crippen molar-refractivity contribution in [3.63, 3.8) is 0 Å². The fourth-order valence-electron chi connectivity index (χ4n) is 1.76. The van der Waals surface area contributed by atoms with Crippen molar-refractivity contribution in [3.8, 4) is 11.3 Å². The van der Waals surface area contributed by atoms with E-state index in [2.05, 4.69) is 0 Å². The Morgan fingerprint density at radius 1 is 1.19 bits per heavy atom. The van der Waals surface area contributed by atoms with Gasteiger partial charge in [0.05, 0.1) is 6.54 Å². The second-order valence-electron chi connectivity index (χ2n) is 3.64. The van der Waals surface area contributed by atoms with Gasteiger partial charge in [0, 0.05) is 11.4 Å². The van der Waals surface area contributed by atoms with Gasteiger partial charge in [0.15, 0.2) is 0 Å². The van der Waals surface area contributed by atoms with Gasteiger partial charge in [-0.05, 0) is 48.9 Å². The summed E-state index contributed by atoms with van der Waals surface area (Å²) in [5, 5.41) is 0. The highest BCUT2D eigenvalue weighted by molar-refractivity contribution is 5.63. The highest BCUT2D eigenvalue weighted by Crippen LogP contribution is 2.22. The molecule has 82 valence electrons. The van der Waals surface area contributed by atoms with Gasteiger partial charge in [0.1, 0.15) is 12.1 Å². The fraction of sp³-hybridized carbons (Fsp3) is 0.154. The molecule has 0 amide bonds. The smallest absolute Gasteiger partial charge is 0.139 e. The van der Waals surface area contributed by atoms with Crippen LogP contribution in [0.5, 0.6) is 0 Å². The van der Waals surface area contributed by atoms with Crippen molar-refractivity contribution in [3.05, 3.63) is 47.9 Å². The maximum atomic E-state index is 12.8. The number of aldehydes is 1. The fourth-order valence-corrected chi connectivity index (χ4v) is 1.76. The molecule has 16 heavy (non-hydrogen) atoms. The summed E-state index contributed by atoms with van der Waals surface area (Å²) in [6.07, 6.45) is 0.861. The lowest BCUT2D eigenvalue weighted by Gasteiger charge is -2.08. The number of hydrogen-bond donors (Lipinski definition) is 0. The number of aryl methyl sites for hydroxylation is 1. The second kappa shape index (κ2) is 4.31. The van der Waals surface area contributed by atoms with Crippen molar-refractivity contribution in [2.75, 3.05) is 0 Å². The standard InChI is InChI=1S/C13H12FNO/c1-10-2-7-13(15(10)8-9-16)11-3-5-12(14)6-4-11/h2-7,9H,8H2,1H3. The molecule has 0 fully saturated rings. The minimum absolute atomic E-state index is 0.256. The van der Waals surface area contributed by atoms with E-state index >= 15 is 0 Å². The van der Waals surface area contributed by atoms with Crippen molar-refractivity contribution in [1.82, 2.24) is 4.57 Å². The van der Waals surface area contributed by atoms with Crippen LogP contribution in [0.1, 0.15) is 5.69 Å². The molecule has 0 aliphatic carbocycles. The lowest BCUT2D eigenvalue weighted by molar-refractivity contribution is -0.108. The van der Waals surface area contributed by atoms with Crippen LogP contribution in [0.25, 0.3) is 11.3 Å². The molecule has 0 saturated heterocycles. The SMILES string of the molecule is Cc1ccc(-c2ccc(F)cc2)n1CC=O. The molecule has 2 rings (SSSR count). The van der Waals surface area contributed by atoms with Gasteiger partial charge in [-0.25, -0.2) is 4.39 Å². The van der Waals surface area contributed by atoms with Gasteiger partial charge in [-0.1, -0.05) is 0 Å². The van der Waals surface area contributed by atoms with Crippen LogP contribution < -0.4 is 0 Å². The van der Waals surface area contributed by atoms with Crippen LogP contribution in [0.3, 0.4) is 0 Å². The Balaban J connectivity index is 2.47. The van der Waals surface area contributed by atoms with Crippen molar-refractivity contribution in [2.24, 2.45) is 0 Å². The first-order chi connectivity index (χ1) is 7.72. The molecule has 0 atom stereocenters. The lowest BCUT2D eigenvalue weighted by atomic mass is 10.1. The topological polar surface area (TPSA) is 22.0 Å². The minimum Gasteiger partial charge on any atom is -0.338 e. The normalized spacial score (nSPS) is 10.4. The second-order valence-corrected chi connectivity index (χ2v) is 3.64. The van der Waals surface area contributed by atoms with Gasteiger partial charge in [-0.15, -0.1) is 0 Å². The number of carbonyl (C=O) groups is 1. The summed E-state index contributed by atoms with van der Waals surface area (Å²) in [4.78, 5) is 10.6. The van der Waals surface area contributed by atoms with Crippen molar-refractivity contribution >= 4 is 6.29 Å². The molecule has 1 aromatic heterocycles. The van der Waals surface area contributed by atoms with Gasteiger partial charge in [-0.3, -0.25) is 0 Å². The maximum absolute atomic E-state index is 12.8. The summed E-state index contributed by atoms with van der Waals surface area (Å²) in [5.74, 6) is -0.256. The molecule has 1 aromatic carbocycles. The zero-order valence-corrected chi connectivity index (χ0v) is 8.98. The van der Waals surface area contributed by atoms with Gasteiger partial charge >= 0.3 is 0 Å². The Hall–Kier alpha value is -1.90. The molecule has 2 nitrogen and oxygen atoms in total. The third kappa shape index (κ3) is 1.89. The Kier molecular flexibility index (Phi) is 2.86. The molecule has 2 aromatic rings. The van der Waals surface area contributed by atoms with Crippen molar-refractivity contribution < 1.29 is 9.18 Å². The van der Waals surface area contributed by atoms with Crippen molar-refractivity contribution in [2.45, 2.75) is 13.5 Å². The average molecular weight is 217 g/mol. The summed E-state index contributed by atoms with van der Waals surface area (Å²) >= 11 is 0. The van der Waals surface area contributed by atoms with Crippen LogP contribution >= 0.6 is 0 Å². The van der Waals surface area contributed by atoms with Crippen LogP contribution in [-0.4, -0.2) is 10.9 Å². The van der Waals surface area contributed by atoms with Gasteiger partial charge < -0.3 is 9.36 Å². The molecule has 1 heterocycles. The average Bonchev–Trinajstić information content (AvgIpc) is 2.63. The quantitative estimate of drug-likeness (QED) is 0.724. The molecule has 0 bridgehead atoms. The minimum atomic E-state index is -0.256. The third-order valence-corrected chi connectivity index (χ3v) is 2.60. The predicted molar refractivity (Wildman–Crippen MR) is 60.6 cm³/mol. The summed E-state index contributed by atoms with van der Waals surface area (Å²) in [6, 6.07) is 10.1. The Bertz CT molecular complexity index is 499. The zero-order valence-electron chi connectivity index (χ0n) is 8.98. The van der Waals surface area contributed by atoms with Crippen molar-refractivity contribution in [1.29, 1.82) is 0 Å². The summed E-state index contributed by atoms with van der Waals surface area (Å²) in [7, 11) is 0. The molecule has 0 N–H and O–H groups in total. The molecule has 0 radical (unpaired) electrons. The van der Waals surface area contributed by atoms with Crippen LogP contribution in [0.4, 0.5) is 4.39 Å². The van der Waals surface area contributed by atoms with Gasteiger partial charge in [-0.2, -0.15) is 0 Å². The molecule has 0 aliphatic rings. The third-order valence-electron chi connectivity index (χ3n) is 2.60. The van der Waals surface area contributed by atoms with Gasteiger partial charge in [0.25, 0.3) is 0 Å². The zero-order chi connectivity index (χ0) is 11.5. The van der Waals surface area contributed by atoms with E-state index in [9.17, 15) is 9.18 Å². The number of carbonyl (C=O) groups excluding carboxylic acids is 1. The van der Waals surface area contributed by atoms with Gasteiger partial charge in [0.2, 0.25) is 0 Å². The highest BCUT2D eigenvalue weighted by Gasteiger charge is 2.06. The number of benzene rings is 1. The Labute approximate surface area is 93.3 Å². The van der Waals surface area contributed by atoms with Crippen LogP contribution in [-0.2, 0) is 11.3 Å². The molecule has 0 saturated carbocycles. The molecular weight excluding hydrogens is 205 g/mol. The first-order valence-electron chi connectivity index (χ1n) is 5.08. The summed E-state index contributed by atoms with van der Waals surface area (Å²) in [5.41, 5.74) is 2.87. The predicted octanol–water partition coefficient (Wildman–Crippen LogP) is 2.80. The lowest BCUT2D eigenvalue weighted by Crippen LogP contribution is -2.02. The monoisotopic (exact) mass is 217 g/mol. The number of halogens is 1. The van der Waals surface area contributed by atoms with E-state index in [-0.39, 0.29) is 5.82 Å². The molecular formula is C13H12FNO. The first-order valence-corrected chi connectivity index (χ1v) is 5.08. The largest absolute Gasteiger partial charge is 0.338 e. The molecule has 3 heteroatoms. The number of nitrogens with zero attached hydrogens (tertiary/aromatic N) is 1. The van der Waals surface area contributed by atoms with E-state index in [0.717, 1.165) is 23.2 Å². The van der Waals surface area contributed by atoms with E-state index in [1.165, 1.54) is 12.1 Å². The van der Waals surface area contributed by atoms with E-state index in [1.807, 2.05) is 23.6 Å². The maximum Gasteiger partial charge on any atom is 0.139 e. The van der Waals surface area contributed by atoms with E-state index in [1.54, 1.807) is 12.1 Å². The van der Waals surface area contributed by atoms with Crippen LogP contribution in [0.2, 0.25) is 0 Å². The Morgan fingerprint density at radius 2 is 1.88 bits per heavy atom. The number of aromatic nitrogens is 1. The number of hydrogen-bond acceptors (Lipinski definition) is 1. The van der Waals surface area contributed by atoms with E-state index in [4.69, 9.17) is 0 Å². The summed E-state index contributed by atoms with van der Waals surface area (Å²) in [6.45, 7) is 2.27. The van der Waals surface area contributed by atoms with Crippen LogP contribution in [0, 0.1) is 12.7 Å². The Morgan fingerprint density at radius 3 is 2.50 bits per heavy atom. The van der Waals surface area contributed by atoms with E-state index < -0.39 is 0 Å².